The third-order valence-electron chi connectivity index (χ3n) is 5.24. The molecule has 0 bridgehead atoms. The Bertz CT molecular complexity index is 1120. The van der Waals surface area contributed by atoms with Crippen molar-refractivity contribution in [2.75, 3.05) is 35.7 Å². The van der Waals surface area contributed by atoms with Gasteiger partial charge in [0.2, 0.25) is 17.5 Å². The molecule has 10 nitrogen and oxygen atoms in total. The third kappa shape index (κ3) is 4.57. The molecule has 0 atom stereocenters. The predicted molar refractivity (Wildman–Crippen MR) is 117 cm³/mol. The van der Waals surface area contributed by atoms with Gasteiger partial charge in [0, 0.05) is 37.4 Å². The van der Waals surface area contributed by atoms with Crippen molar-refractivity contribution in [3.05, 3.63) is 48.4 Å². The maximum absolute atomic E-state index is 12.7. The second-order valence-corrected chi connectivity index (χ2v) is 7.29. The fourth-order valence-corrected chi connectivity index (χ4v) is 3.52. The largest absolute Gasteiger partial charge is 0.459 e. The normalized spacial score (nSPS) is 13.9. The molecule has 3 N–H and O–H groups in total. The number of rotatable bonds is 5. The molecule has 0 spiro atoms. The standard InChI is InChI=1S/C22H22N6O4/c1-24-22(30)26-16-6-4-15(5-7-16)25-19(29)14-8-10-28(11-9-14)21-17(13-23)27-20(32-21)18-3-2-12-31-18/h2-7,12,14H,8-11H2,1H3,(H,25,29)(H2,24,26,30). The van der Waals surface area contributed by atoms with E-state index in [-0.39, 0.29) is 29.4 Å². The van der Waals surface area contributed by atoms with Crippen LogP contribution in [0.3, 0.4) is 0 Å². The Morgan fingerprint density at radius 3 is 2.41 bits per heavy atom. The molecule has 1 aliphatic heterocycles. The summed E-state index contributed by atoms with van der Waals surface area (Å²) in [7, 11) is 1.54. The lowest BCUT2D eigenvalue weighted by atomic mass is 9.96. The van der Waals surface area contributed by atoms with E-state index in [2.05, 4.69) is 27.0 Å². The number of urea groups is 1. The predicted octanol–water partition coefficient (Wildman–Crippen LogP) is 3.41. The van der Waals surface area contributed by atoms with E-state index in [4.69, 9.17) is 8.83 Å². The van der Waals surface area contributed by atoms with Gasteiger partial charge in [-0.15, -0.1) is 0 Å². The number of furan rings is 1. The van der Waals surface area contributed by atoms with Gasteiger partial charge in [-0.1, -0.05) is 0 Å². The van der Waals surface area contributed by atoms with Crippen molar-refractivity contribution in [2.45, 2.75) is 12.8 Å². The van der Waals surface area contributed by atoms with E-state index in [1.807, 2.05) is 4.90 Å². The lowest BCUT2D eigenvalue weighted by molar-refractivity contribution is -0.120. The number of carbonyl (C=O) groups is 2. The van der Waals surface area contributed by atoms with Crippen molar-refractivity contribution in [3.8, 4) is 17.7 Å². The van der Waals surface area contributed by atoms with E-state index in [1.165, 1.54) is 13.3 Å². The SMILES string of the molecule is CNC(=O)Nc1ccc(NC(=O)C2CCN(c3oc(-c4ccco4)nc3C#N)CC2)cc1. The van der Waals surface area contributed by atoms with Crippen molar-refractivity contribution >= 4 is 29.2 Å². The molecule has 3 aromatic rings. The number of benzene rings is 1. The van der Waals surface area contributed by atoms with Gasteiger partial charge in [-0.05, 0) is 49.2 Å². The zero-order valence-electron chi connectivity index (χ0n) is 17.4. The first-order chi connectivity index (χ1) is 15.6. The molecular formula is C22H22N6O4. The van der Waals surface area contributed by atoms with Crippen LogP contribution in [0, 0.1) is 17.2 Å². The molecule has 0 aliphatic carbocycles. The number of piperidine rings is 1. The molecule has 1 fully saturated rings. The quantitative estimate of drug-likeness (QED) is 0.560. The van der Waals surface area contributed by atoms with Crippen molar-refractivity contribution in [3.63, 3.8) is 0 Å². The summed E-state index contributed by atoms with van der Waals surface area (Å²) in [6, 6.07) is 12.1. The summed E-state index contributed by atoms with van der Waals surface area (Å²) in [6.07, 6.45) is 2.74. The van der Waals surface area contributed by atoms with Gasteiger partial charge in [-0.3, -0.25) is 4.79 Å². The number of oxazole rings is 1. The molecule has 0 saturated carbocycles. The minimum absolute atomic E-state index is 0.0639. The number of hydrogen-bond acceptors (Lipinski definition) is 7. The lowest BCUT2D eigenvalue weighted by Crippen LogP contribution is -2.38. The molecule has 4 rings (SSSR count). The van der Waals surface area contributed by atoms with E-state index in [9.17, 15) is 14.9 Å². The summed E-state index contributed by atoms with van der Waals surface area (Å²) in [5.41, 5.74) is 1.49. The van der Waals surface area contributed by atoms with Crippen LogP contribution < -0.4 is 20.9 Å². The fourth-order valence-electron chi connectivity index (χ4n) is 3.52. The van der Waals surface area contributed by atoms with Crippen LogP contribution >= 0.6 is 0 Å². The van der Waals surface area contributed by atoms with E-state index >= 15 is 0 Å². The van der Waals surface area contributed by atoms with Gasteiger partial charge in [0.25, 0.3) is 5.89 Å². The molecule has 1 saturated heterocycles. The molecule has 10 heteroatoms. The average Bonchev–Trinajstić information content (AvgIpc) is 3.50. The van der Waals surface area contributed by atoms with Gasteiger partial charge in [0.05, 0.1) is 6.26 Å². The topological polar surface area (TPSA) is 136 Å². The van der Waals surface area contributed by atoms with Crippen molar-refractivity contribution in [1.29, 1.82) is 5.26 Å². The zero-order valence-corrected chi connectivity index (χ0v) is 17.4. The highest BCUT2D eigenvalue weighted by Gasteiger charge is 2.29. The highest BCUT2D eigenvalue weighted by Crippen LogP contribution is 2.31. The molecule has 3 heterocycles. The summed E-state index contributed by atoms with van der Waals surface area (Å²) >= 11 is 0. The number of carbonyl (C=O) groups excluding carboxylic acids is 2. The Hall–Kier alpha value is -4.26. The van der Waals surface area contributed by atoms with Crippen LogP contribution in [-0.2, 0) is 4.79 Å². The molecule has 1 aromatic carbocycles. The van der Waals surface area contributed by atoms with E-state index in [0.717, 1.165) is 0 Å². The smallest absolute Gasteiger partial charge is 0.318 e. The number of hydrogen-bond donors (Lipinski definition) is 3. The number of nitriles is 1. The van der Waals surface area contributed by atoms with Crippen LogP contribution in [0.2, 0.25) is 0 Å². The van der Waals surface area contributed by atoms with Gasteiger partial charge in [-0.2, -0.15) is 10.2 Å². The fraction of sp³-hybridized carbons (Fsp3) is 0.273. The highest BCUT2D eigenvalue weighted by atomic mass is 16.4. The van der Waals surface area contributed by atoms with Gasteiger partial charge >= 0.3 is 6.03 Å². The molecule has 3 amide bonds. The third-order valence-corrected chi connectivity index (χ3v) is 5.24. The van der Waals surface area contributed by atoms with E-state index in [1.54, 1.807) is 36.4 Å². The Morgan fingerprint density at radius 2 is 1.81 bits per heavy atom. The lowest BCUT2D eigenvalue weighted by Gasteiger charge is -2.30. The Balaban J connectivity index is 1.34. The molecule has 32 heavy (non-hydrogen) atoms. The maximum atomic E-state index is 12.7. The first kappa shape index (κ1) is 21.0. The van der Waals surface area contributed by atoms with Crippen LogP contribution in [0.25, 0.3) is 11.7 Å². The maximum Gasteiger partial charge on any atom is 0.318 e. The van der Waals surface area contributed by atoms with Gasteiger partial charge in [0.15, 0.2) is 5.76 Å². The highest BCUT2D eigenvalue weighted by molar-refractivity contribution is 5.93. The number of anilines is 3. The van der Waals surface area contributed by atoms with Crippen LogP contribution in [0.15, 0.2) is 51.5 Å². The van der Waals surface area contributed by atoms with Crippen molar-refractivity contribution in [2.24, 2.45) is 5.92 Å². The summed E-state index contributed by atoms with van der Waals surface area (Å²) in [6.45, 7) is 1.13. The minimum atomic E-state index is -0.309. The van der Waals surface area contributed by atoms with Crippen LogP contribution in [0.5, 0.6) is 0 Å². The minimum Gasteiger partial charge on any atom is -0.459 e. The molecular weight excluding hydrogens is 412 g/mol. The summed E-state index contributed by atoms with van der Waals surface area (Å²) in [4.78, 5) is 30.2. The van der Waals surface area contributed by atoms with E-state index < -0.39 is 0 Å². The molecule has 1 aliphatic rings. The summed E-state index contributed by atoms with van der Waals surface area (Å²) < 4.78 is 11.1. The van der Waals surface area contributed by atoms with Crippen molar-refractivity contribution < 1.29 is 18.4 Å². The number of nitrogens with zero attached hydrogens (tertiary/aromatic N) is 3. The zero-order chi connectivity index (χ0) is 22.5. The first-order valence-corrected chi connectivity index (χ1v) is 10.2. The van der Waals surface area contributed by atoms with Gasteiger partial charge < -0.3 is 29.7 Å². The molecule has 0 unspecified atom stereocenters. The average molecular weight is 434 g/mol. The van der Waals surface area contributed by atoms with Crippen LogP contribution in [0.4, 0.5) is 22.1 Å². The van der Waals surface area contributed by atoms with Crippen molar-refractivity contribution in [1.82, 2.24) is 10.3 Å². The Kier molecular flexibility index (Phi) is 6.07. The number of nitrogens with one attached hydrogen (secondary N) is 3. The summed E-state index contributed by atoms with van der Waals surface area (Å²) in [5, 5.41) is 17.5. The molecule has 0 radical (unpaired) electrons. The Morgan fingerprint density at radius 1 is 1.12 bits per heavy atom. The Labute approximate surface area is 184 Å². The van der Waals surface area contributed by atoms with Gasteiger partial charge in [-0.25, -0.2) is 4.79 Å². The molecule has 164 valence electrons. The molecule has 2 aromatic heterocycles. The van der Waals surface area contributed by atoms with E-state index in [0.29, 0.717) is 49.0 Å². The second kappa shape index (κ2) is 9.26. The second-order valence-electron chi connectivity index (χ2n) is 7.29. The number of aromatic nitrogens is 1. The van der Waals surface area contributed by atoms with Crippen LogP contribution in [0.1, 0.15) is 18.5 Å². The van der Waals surface area contributed by atoms with Gasteiger partial charge in [0.1, 0.15) is 6.07 Å². The summed E-state index contributed by atoms with van der Waals surface area (Å²) in [5.74, 6) is 0.894. The van der Waals surface area contributed by atoms with Crippen LogP contribution in [-0.4, -0.2) is 37.1 Å². The first-order valence-electron chi connectivity index (χ1n) is 10.2. The number of amides is 3. The monoisotopic (exact) mass is 434 g/mol.